The Morgan fingerprint density at radius 1 is 1.24 bits per heavy atom. The van der Waals surface area contributed by atoms with Gasteiger partial charge in [0.15, 0.2) is 0 Å². The molecule has 2 nitrogen and oxygen atoms in total. The molecule has 0 spiro atoms. The van der Waals surface area contributed by atoms with Crippen LogP contribution in [0.4, 0.5) is 8.78 Å². The molecule has 4 heteroatoms. The molecule has 1 aromatic carbocycles. The highest BCUT2D eigenvalue weighted by Gasteiger charge is 2.06. The average molecular weight is 241 g/mol. The van der Waals surface area contributed by atoms with Crippen LogP contribution in [0.2, 0.25) is 0 Å². The summed E-state index contributed by atoms with van der Waals surface area (Å²) in [7, 11) is 0. The normalized spacial score (nSPS) is 10.9. The fourth-order valence-electron chi connectivity index (χ4n) is 1.53. The Morgan fingerprint density at radius 2 is 1.82 bits per heavy atom. The fraction of sp³-hybridized carbons (Fsp3) is 0.462. The van der Waals surface area contributed by atoms with Crippen molar-refractivity contribution in [2.75, 3.05) is 6.54 Å². The average Bonchev–Trinajstić information content (AvgIpc) is 2.14. The Hall–Kier alpha value is -1.29. The van der Waals surface area contributed by atoms with E-state index >= 15 is 0 Å². The maximum absolute atomic E-state index is 12.9. The number of halogens is 2. The predicted molar refractivity (Wildman–Crippen MR) is 62.8 cm³/mol. The largest absolute Gasteiger partial charge is 0.314 e. The first-order valence-corrected chi connectivity index (χ1v) is 5.67. The molecule has 94 valence electrons. The maximum Gasteiger partial charge on any atom is 0.138 e. The molecule has 0 radical (unpaired) electrons. The van der Waals surface area contributed by atoms with E-state index in [-0.39, 0.29) is 12.2 Å². The Labute approximate surface area is 100 Å². The number of carbonyl (C=O) groups is 1. The molecular weight excluding hydrogens is 224 g/mol. The summed E-state index contributed by atoms with van der Waals surface area (Å²) in [6, 6.07) is 3.51. The third-order valence-corrected chi connectivity index (χ3v) is 2.28. The minimum atomic E-state index is -0.645. The van der Waals surface area contributed by atoms with Gasteiger partial charge in [-0.25, -0.2) is 8.78 Å². The van der Waals surface area contributed by atoms with Gasteiger partial charge >= 0.3 is 0 Å². The third kappa shape index (κ3) is 5.54. The van der Waals surface area contributed by atoms with Gasteiger partial charge in [-0.05, 0) is 17.7 Å². The van der Waals surface area contributed by atoms with Crippen LogP contribution in [-0.2, 0) is 11.2 Å². The predicted octanol–water partition coefficient (Wildman–Crippen LogP) is 2.46. The molecule has 0 aliphatic rings. The summed E-state index contributed by atoms with van der Waals surface area (Å²) < 4.78 is 25.7. The van der Waals surface area contributed by atoms with Gasteiger partial charge in [-0.1, -0.05) is 13.8 Å². The second-order valence-electron chi connectivity index (χ2n) is 4.35. The lowest BCUT2D eigenvalue weighted by molar-refractivity contribution is -0.118. The first kappa shape index (κ1) is 13.8. The minimum Gasteiger partial charge on any atom is -0.314 e. The number of nitrogens with one attached hydrogen (secondary N) is 1. The Kier molecular flexibility index (Phi) is 5.22. The molecule has 0 aliphatic carbocycles. The number of carbonyl (C=O) groups excluding carboxylic acids is 1. The molecule has 0 saturated heterocycles. The van der Waals surface area contributed by atoms with Crippen LogP contribution in [0.3, 0.4) is 0 Å². The summed E-state index contributed by atoms with van der Waals surface area (Å²) in [6.07, 6.45) is 0.449. The van der Waals surface area contributed by atoms with Crippen molar-refractivity contribution in [3.8, 4) is 0 Å². The van der Waals surface area contributed by atoms with E-state index in [1.807, 2.05) is 13.8 Å². The van der Waals surface area contributed by atoms with Crippen LogP contribution in [0.1, 0.15) is 25.8 Å². The highest BCUT2D eigenvalue weighted by atomic mass is 19.1. The zero-order valence-electron chi connectivity index (χ0n) is 10.1. The van der Waals surface area contributed by atoms with E-state index in [4.69, 9.17) is 0 Å². The quantitative estimate of drug-likeness (QED) is 0.829. The van der Waals surface area contributed by atoms with Crippen molar-refractivity contribution < 1.29 is 13.6 Å². The van der Waals surface area contributed by atoms with Crippen LogP contribution in [0.25, 0.3) is 0 Å². The lowest BCUT2D eigenvalue weighted by Crippen LogP contribution is -2.25. The van der Waals surface area contributed by atoms with E-state index in [0.717, 1.165) is 6.07 Å². The molecular formula is C13H17F2NO. The van der Waals surface area contributed by atoms with E-state index < -0.39 is 11.6 Å². The van der Waals surface area contributed by atoms with Crippen molar-refractivity contribution >= 4 is 5.78 Å². The zero-order valence-corrected chi connectivity index (χ0v) is 10.1. The van der Waals surface area contributed by atoms with Gasteiger partial charge in [0.25, 0.3) is 0 Å². The van der Waals surface area contributed by atoms with E-state index in [1.165, 1.54) is 12.1 Å². The molecule has 0 fully saturated rings. The second kappa shape index (κ2) is 6.45. The molecule has 1 rings (SSSR count). The first-order chi connectivity index (χ1) is 7.97. The fourth-order valence-corrected chi connectivity index (χ4v) is 1.53. The van der Waals surface area contributed by atoms with Crippen molar-refractivity contribution in [2.24, 2.45) is 0 Å². The maximum atomic E-state index is 12.9. The summed E-state index contributed by atoms with van der Waals surface area (Å²) in [4.78, 5) is 11.5. The van der Waals surface area contributed by atoms with Crippen molar-refractivity contribution in [2.45, 2.75) is 32.7 Å². The van der Waals surface area contributed by atoms with Crippen LogP contribution < -0.4 is 5.32 Å². The van der Waals surface area contributed by atoms with E-state index in [2.05, 4.69) is 5.32 Å². The Bertz CT molecular complexity index is 371. The van der Waals surface area contributed by atoms with Crippen molar-refractivity contribution in [3.05, 3.63) is 35.4 Å². The molecule has 1 N–H and O–H groups in total. The molecule has 0 atom stereocenters. The summed E-state index contributed by atoms with van der Waals surface area (Å²) in [6.45, 7) is 4.58. The van der Waals surface area contributed by atoms with Crippen LogP contribution in [0, 0.1) is 11.6 Å². The van der Waals surface area contributed by atoms with Crippen molar-refractivity contribution in [1.82, 2.24) is 5.32 Å². The molecule has 0 aromatic heterocycles. The molecule has 0 amide bonds. The van der Waals surface area contributed by atoms with Crippen LogP contribution in [-0.4, -0.2) is 18.4 Å². The highest BCUT2D eigenvalue weighted by Crippen LogP contribution is 2.09. The lowest BCUT2D eigenvalue weighted by atomic mass is 10.1. The number of benzene rings is 1. The van der Waals surface area contributed by atoms with Gasteiger partial charge < -0.3 is 5.32 Å². The molecule has 0 unspecified atom stereocenters. The molecule has 0 aliphatic heterocycles. The van der Waals surface area contributed by atoms with Crippen molar-refractivity contribution in [1.29, 1.82) is 0 Å². The first-order valence-electron chi connectivity index (χ1n) is 5.67. The number of hydrogen-bond acceptors (Lipinski definition) is 2. The summed E-state index contributed by atoms with van der Waals surface area (Å²) >= 11 is 0. The zero-order chi connectivity index (χ0) is 12.8. The molecule has 1 aromatic rings. The van der Waals surface area contributed by atoms with Gasteiger partial charge in [-0.15, -0.1) is 0 Å². The van der Waals surface area contributed by atoms with Gasteiger partial charge in [0.1, 0.15) is 17.4 Å². The standard InChI is InChI=1S/C13H17F2NO/c1-9(2)16-4-3-13(17)7-10-5-11(14)8-12(15)6-10/h5-6,8-9,16H,3-4,7H2,1-2H3. The van der Waals surface area contributed by atoms with Crippen LogP contribution in [0.5, 0.6) is 0 Å². The SMILES string of the molecule is CC(C)NCCC(=O)Cc1cc(F)cc(F)c1. The highest BCUT2D eigenvalue weighted by molar-refractivity contribution is 5.81. The third-order valence-electron chi connectivity index (χ3n) is 2.28. The Balaban J connectivity index is 2.45. The number of ketones is 1. The minimum absolute atomic E-state index is 0.0249. The van der Waals surface area contributed by atoms with Gasteiger partial charge in [-0.2, -0.15) is 0 Å². The number of hydrogen-bond donors (Lipinski definition) is 1. The summed E-state index contributed by atoms with van der Waals surface area (Å²) in [5, 5.41) is 3.12. The van der Waals surface area contributed by atoms with E-state index in [1.54, 1.807) is 0 Å². The topological polar surface area (TPSA) is 29.1 Å². The molecule has 17 heavy (non-hydrogen) atoms. The lowest BCUT2D eigenvalue weighted by Gasteiger charge is -2.07. The van der Waals surface area contributed by atoms with E-state index in [9.17, 15) is 13.6 Å². The van der Waals surface area contributed by atoms with Gasteiger partial charge in [0.05, 0.1) is 0 Å². The number of rotatable bonds is 6. The summed E-state index contributed by atoms with van der Waals surface area (Å²) in [5.41, 5.74) is 0.386. The Morgan fingerprint density at radius 3 is 2.35 bits per heavy atom. The van der Waals surface area contributed by atoms with Crippen molar-refractivity contribution in [3.63, 3.8) is 0 Å². The molecule has 0 saturated carbocycles. The number of Topliss-reactive ketones (excluding diaryl/α,β-unsaturated/α-hetero) is 1. The smallest absolute Gasteiger partial charge is 0.138 e. The second-order valence-corrected chi connectivity index (χ2v) is 4.35. The van der Waals surface area contributed by atoms with Gasteiger partial charge in [0.2, 0.25) is 0 Å². The van der Waals surface area contributed by atoms with Gasteiger partial charge in [-0.3, -0.25) is 4.79 Å². The monoisotopic (exact) mass is 241 g/mol. The molecule has 0 heterocycles. The molecule has 0 bridgehead atoms. The van der Waals surface area contributed by atoms with Crippen LogP contribution >= 0.6 is 0 Å². The summed E-state index contributed by atoms with van der Waals surface area (Å²) in [5.74, 6) is -1.32. The van der Waals surface area contributed by atoms with Gasteiger partial charge in [0, 0.05) is 31.5 Å². The van der Waals surface area contributed by atoms with E-state index in [0.29, 0.717) is 24.6 Å². The van der Waals surface area contributed by atoms with Crippen LogP contribution in [0.15, 0.2) is 18.2 Å².